The van der Waals surface area contributed by atoms with Gasteiger partial charge in [0.05, 0.1) is 0 Å². The lowest BCUT2D eigenvalue weighted by Crippen LogP contribution is -2.50. The zero-order valence-corrected chi connectivity index (χ0v) is 15.3. The maximum Gasteiger partial charge on any atom is 0.226 e. The van der Waals surface area contributed by atoms with Crippen LogP contribution < -0.4 is 0 Å². The van der Waals surface area contributed by atoms with E-state index in [4.69, 9.17) is 0 Å². The first-order chi connectivity index (χ1) is 11.1. The molecule has 0 unspecified atom stereocenters. The molecule has 0 aliphatic carbocycles. The van der Waals surface area contributed by atoms with Gasteiger partial charge in [-0.2, -0.15) is 0 Å². The van der Waals surface area contributed by atoms with Gasteiger partial charge >= 0.3 is 0 Å². The first kappa shape index (κ1) is 17.2. The average Bonchev–Trinajstić information content (AvgIpc) is 3.15. The monoisotopic (exact) mass is 321 g/mol. The van der Waals surface area contributed by atoms with Crippen molar-refractivity contribution in [2.75, 3.05) is 39.8 Å². The van der Waals surface area contributed by atoms with Crippen LogP contribution in [0.5, 0.6) is 0 Å². The van der Waals surface area contributed by atoms with E-state index in [0.717, 1.165) is 38.4 Å². The van der Waals surface area contributed by atoms with Crippen molar-refractivity contribution in [2.24, 2.45) is 11.8 Å². The minimum atomic E-state index is 0.283. The van der Waals surface area contributed by atoms with E-state index in [0.29, 0.717) is 18.0 Å². The van der Waals surface area contributed by atoms with E-state index < -0.39 is 0 Å². The number of carbonyl (C=O) groups is 1. The molecule has 0 aromatic heterocycles. The van der Waals surface area contributed by atoms with Gasteiger partial charge in [0.2, 0.25) is 5.91 Å². The van der Waals surface area contributed by atoms with Crippen LogP contribution in [0, 0.1) is 11.8 Å². The predicted octanol–water partition coefficient (Wildman–Crippen LogP) is 2.44. The molecule has 3 aliphatic heterocycles. The first-order valence-electron chi connectivity index (χ1n) is 9.79. The minimum Gasteiger partial charge on any atom is -0.338 e. The Bertz CT molecular complexity index is 403. The lowest BCUT2D eigenvalue weighted by atomic mass is 9.93. The summed E-state index contributed by atoms with van der Waals surface area (Å²) in [6.45, 7) is 10.2. The highest BCUT2D eigenvalue weighted by Gasteiger charge is 2.40. The molecule has 1 amide bonds. The maximum absolute atomic E-state index is 13.1. The maximum atomic E-state index is 13.1. The van der Waals surface area contributed by atoms with Crippen LogP contribution in [0.2, 0.25) is 0 Å². The zero-order valence-electron chi connectivity index (χ0n) is 15.3. The Morgan fingerprint density at radius 2 is 1.61 bits per heavy atom. The van der Waals surface area contributed by atoms with Crippen LogP contribution in [-0.4, -0.2) is 72.5 Å². The largest absolute Gasteiger partial charge is 0.338 e. The van der Waals surface area contributed by atoms with Crippen molar-refractivity contribution in [3.05, 3.63) is 0 Å². The van der Waals surface area contributed by atoms with E-state index in [1.165, 1.54) is 38.8 Å². The Labute approximate surface area is 142 Å². The van der Waals surface area contributed by atoms with Gasteiger partial charge in [0.25, 0.3) is 0 Å². The third kappa shape index (κ3) is 3.90. The molecule has 4 heteroatoms. The molecule has 132 valence electrons. The summed E-state index contributed by atoms with van der Waals surface area (Å²) in [5, 5.41) is 0. The van der Waals surface area contributed by atoms with Crippen molar-refractivity contribution < 1.29 is 4.79 Å². The van der Waals surface area contributed by atoms with E-state index in [-0.39, 0.29) is 5.92 Å². The summed E-state index contributed by atoms with van der Waals surface area (Å²) in [4.78, 5) is 20.4. The zero-order chi connectivity index (χ0) is 16.4. The fourth-order valence-corrected chi connectivity index (χ4v) is 5.00. The van der Waals surface area contributed by atoms with Gasteiger partial charge in [-0.15, -0.1) is 0 Å². The summed E-state index contributed by atoms with van der Waals surface area (Å²) < 4.78 is 0. The van der Waals surface area contributed by atoms with Gasteiger partial charge in [-0.3, -0.25) is 4.79 Å². The topological polar surface area (TPSA) is 26.8 Å². The molecular weight excluding hydrogens is 286 g/mol. The minimum absolute atomic E-state index is 0.283. The van der Waals surface area contributed by atoms with Crippen molar-refractivity contribution >= 4 is 5.91 Å². The van der Waals surface area contributed by atoms with Gasteiger partial charge in [-0.25, -0.2) is 0 Å². The lowest BCUT2D eigenvalue weighted by molar-refractivity contribution is -0.139. The summed E-state index contributed by atoms with van der Waals surface area (Å²) in [6.07, 6.45) is 7.12. The van der Waals surface area contributed by atoms with Crippen LogP contribution in [0.1, 0.15) is 52.4 Å². The Morgan fingerprint density at radius 3 is 2.22 bits per heavy atom. The number of likely N-dealkylation sites (N-methyl/N-ethyl adjacent to an activating group) is 1. The second-order valence-electron chi connectivity index (χ2n) is 8.40. The number of amides is 1. The van der Waals surface area contributed by atoms with E-state index in [1.54, 1.807) is 0 Å². The highest BCUT2D eigenvalue weighted by molar-refractivity contribution is 5.79. The quantitative estimate of drug-likeness (QED) is 0.796. The van der Waals surface area contributed by atoms with Crippen LogP contribution >= 0.6 is 0 Å². The van der Waals surface area contributed by atoms with E-state index in [9.17, 15) is 4.79 Å². The molecule has 4 nitrogen and oxygen atoms in total. The van der Waals surface area contributed by atoms with Crippen molar-refractivity contribution in [3.63, 3.8) is 0 Å². The molecule has 3 rings (SSSR count). The van der Waals surface area contributed by atoms with Crippen LogP contribution in [0.3, 0.4) is 0 Å². The average molecular weight is 322 g/mol. The number of likely N-dealkylation sites (tertiary alicyclic amines) is 3. The van der Waals surface area contributed by atoms with E-state index in [2.05, 4.69) is 35.6 Å². The fraction of sp³-hybridized carbons (Fsp3) is 0.947. The lowest BCUT2D eigenvalue weighted by Gasteiger charge is -2.38. The molecule has 0 N–H and O–H groups in total. The van der Waals surface area contributed by atoms with E-state index in [1.807, 2.05) is 0 Å². The highest BCUT2D eigenvalue weighted by atomic mass is 16.2. The second-order valence-corrected chi connectivity index (χ2v) is 8.40. The normalized spacial score (nSPS) is 31.4. The fourth-order valence-electron chi connectivity index (χ4n) is 5.00. The van der Waals surface area contributed by atoms with Gasteiger partial charge in [-0.1, -0.05) is 13.8 Å². The van der Waals surface area contributed by atoms with Crippen LogP contribution in [-0.2, 0) is 4.79 Å². The van der Waals surface area contributed by atoms with Gasteiger partial charge in [0, 0.05) is 31.1 Å². The Balaban J connectivity index is 1.55. The van der Waals surface area contributed by atoms with Crippen LogP contribution in [0.25, 0.3) is 0 Å². The van der Waals surface area contributed by atoms with E-state index >= 15 is 0 Å². The molecule has 3 aliphatic rings. The number of nitrogens with zero attached hydrogens (tertiary/aromatic N) is 3. The summed E-state index contributed by atoms with van der Waals surface area (Å²) in [6, 6.07) is 1.10. The third-order valence-corrected chi connectivity index (χ3v) is 6.16. The molecular formula is C19H35N3O. The number of rotatable bonds is 4. The number of carbonyl (C=O) groups excluding carboxylic acids is 1. The number of piperidine rings is 1. The Hall–Kier alpha value is -0.610. The highest BCUT2D eigenvalue weighted by Crippen LogP contribution is 2.31. The molecule has 0 aromatic carbocycles. The van der Waals surface area contributed by atoms with Crippen molar-refractivity contribution in [2.45, 2.75) is 64.5 Å². The van der Waals surface area contributed by atoms with Gasteiger partial charge in [-0.05, 0) is 71.1 Å². The molecule has 2 atom stereocenters. The molecule has 0 radical (unpaired) electrons. The Morgan fingerprint density at radius 1 is 0.957 bits per heavy atom. The standard InChI is InChI=1S/C19H35N3O/c1-15(2)14-21-12-8-16(9-13-21)19(23)22-11-5-7-18(22)17-6-4-10-20(17)3/h15-18H,4-14H2,1-3H3/t17-,18-/m0/s1. The van der Waals surface area contributed by atoms with Gasteiger partial charge in [0.1, 0.15) is 0 Å². The molecule has 3 heterocycles. The molecule has 0 bridgehead atoms. The van der Waals surface area contributed by atoms with Crippen molar-refractivity contribution in [1.29, 1.82) is 0 Å². The summed E-state index contributed by atoms with van der Waals surface area (Å²) in [7, 11) is 2.24. The van der Waals surface area contributed by atoms with Gasteiger partial charge in [0.15, 0.2) is 0 Å². The SMILES string of the molecule is CC(C)CN1CCC(C(=O)N2CCC[C@H]2[C@@H]2CCCN2C)CC1. The summed E-state index contributed by atoms with van der Waals surface area (Å²) in [5.74, 6) is 1.48. The summed E-state index contributed by atoms with van der Waals surface area (Å²) >= 11 is 0. The number of hydrogen-bond donors (Lipinski definition) is 0. The smallest absolute Gasteiger partial charge is 0.226 e. The predicted molar refractivity (Wildman–Crippen MR) is 94.4 cm³/mol. The molecule has 0 aromatic rings. The summed E-state index contributed by atoms with van der Waals surface area (Å²) in [5.41, 5.74) is 0. The van der Waals surface area contributed by atoms with Gasteiger partial charge < -0.3 is 14.7 Å². The van der Waals surface area contributed by atoms with Crippen LogP contribution in [0.15, 0.2) is 0 Å². The number of hydrogen-bond acceptors (Lipinski definition) is 3. The van der Waals surface area contributed by atoms with Crippen molar-refractivity contribution in [3.8, 4) is 0 Å². The molecule has 23 heavy (non-hydrogen) atoms. The van der Waals surface area contributed by atoms with Crippen molar-refractivity contribution in [1.82, 2.24) is 14.7 Å². The molecule has 3 saturated heterocycles. The molecule has 0 spiro atoms. The first-order valence-corrected chi connectivity index (χ1v) is 9.79. The van der Waals surface area contributed by atoms with Crippen LogP contribution in [0.4, 0.5) is 0 Å². The molecule has 0 saturated carbocycles. The third-order valence-electron chi connectivity index (χ3n) is 6.16. The Kier molecular flexibility index (Phi) is 5.63. The molecule has 3 fully saturated rings. The second kappa shape index (κ2) is 7.52.